The summed E-state index contributed by atoms with van der Waals surface area (Å²) >= 11 is 0. The second kappa shape index (κ2) is 9.30. The molecule has 4 heteroatoms. The van der Waals surface area contributed by atoms with Crippen molar-refractivity contribution < 1.29 is 0 Å². The summed E-state index contributed by atoms with van der Waals surface area (Å²) < 4.78 is 0. The van der Waals surface area contributed by atoms with E-state index >= 15 is 0 Å². The molecule has 0 saturated carbocycles. The molecule has 0 radical (unpaired) electrons. The number of rotatable bonds is 6. The predicted molar refractivity (Wildman–Crippen MR) is 122 cm³/mol. The van der Waals surface area contributed by atoms with Gasteiger partial charge in [-0.2, -0.15) is 21.0 Å². The SMILES string of the molecule is CCCc1cc2ccc3c(C#N)c(C#N)c(C#N)c(C#N)c3c2c(CCC)c1CCC. The van der Waals surface area contributed by atoms with E-state index in [1.807, 2.05) is 24.3 Å². The molecule has 0 aromatic heterocycles. The highest BCUT2D eigenvalue weighted by atomic mass is 14.3. The lowest BCUT2D eigenvalue weighted by atomic mass is 9.82. The monoisotopic (exact) mass is 404 g/mol. The zero-order chi connectivity index (χ0) is 22.5. The summed E-state index contributed by atoms with van der Waals surface area (Å²) in [5.41, 5.74) is 4.24. The Morgan fingerprint density at radius 3 is 1.71 bits per heavy atom. The maximum absolute atomic E-state index is 10.0. The van der Waals surface area contributed by atoms with Crippen LogP contribution in [0.1, 0.15) is 79.0 Å². The molecule has 0 spiro atoms. The molecule has 0 bridgehead atoms. The van der Waals surface area contributed by atoms with E-state index in [2.05, 4.69) is 39.0 Å². The van der Waals surface area contributed by atoms with Crippen molar-refractivity contribution >= 4 is 21.5 Å². The van der Waals surface area contributed by atoms with E-state index in [0.29, 0.717) is 10.8 Å². The van der Waals surface area contributed by atoms with Gasteiger partial charge in [-0.15, -0.1) is 0 Å². The minimum atomic E-state index is -0.0122. The van der Waals surface area contributed by atoms with Gasteiger partial charge >= 0.3 is 0 Å². The summed E-state index contributed by atoms with van der Waals surface area (Å²) in [6.07, 6.45) is 5.81. The van der Waals surface area contributed by atoms with Gasteiger partial charge < -0.3 is 0 Å². The van der Waals surface area contributed by atoms with Crippen molar-refractivity contribution in [3.63, 3.8) is 0 Å². The molecule has 3 aromatic rings. The minimum Gasteiger partial charge on any atom is -0.192 e. The van der Waals surface area contributed by atoms with Gasteiger partial charge in [0.15, 0.2) is 0 Å². The van der Waals surface area contributed by atoms with Crippen LogP contribution >= 0.6 is 0 Å². The maximum atomic E-state index is 10.0. The van der Waals surface area contributed by atoms with Crippen molar-refractivity contribution in [3.05, 3.63) is 57.1 Å². The summed E-state index contributed by atoms with van der Waals surface area (Å²) in [6, 6.07) is 14.3. The van der Waals surface area contributed by atoms with E-state index in [0.717, 1.165) is 49.3 Å². The molecule has 0 saturated heterocycles. The normalized spacial score (nSPS) is 10.4. The van der Waals surface area contributed by atoms with Gasteiger partial charge in [-0.05, 0) is 46.7 Å². The van der Waals surface area contributed by atoms with Gasteiger partial charge in [0, 0.05) is 10.8 Å². The van der Waals surface area contributed by atoms with E-state index < -0.39 is 0 Å². The van der Waals surface area contributed by atoms with Crippen LogP contribution in [-0.4, -0.2) is 0 Å². The molecule has 0 unspecified atom stereocenters. The van der Waals surface area contributed by atoms with E-state index in [1.165, 1.54) is 16.7 Å². The van der Waals surface area contributed by atoms with Crippen molar-refractivity contribution in [1.29, 1.82) is 21.0 Å². The lowest BCUT2D eigenvalue weighted by molar-refractivity contribution is 0.832. The summed E-state index contributed by atoms with van der Waals surface area (Å²) in [7, 11) is 0. The molecule has 0 aliphatic carbocycles. The second-order valence-corrected chi connectivity index (χ2v) is 7.78. The number of nitriles is 4. The first kappa shape index (κ1) is 21.8. The molecule has 3 aromatic carbocycles. The molecule has 0 aliphatic heterocycles. The molecule has 0 N–H and O–H groups in total. The quantitative estimate of drug-likeness (QED) is 0.448. The standard InChI is InChI=1S/C27H24N4/c1-4-7-17-12-18-10-11-21-22(13-28)23(14-29)24(15-30)25(16-31)27(21)26(18)20(9-6-3)19(17)8-5-2/h10-12H,4-9H2,1-3H3. The predicted octanol–water partition coefficient (Wildman–Crippen LogP) is 6.34. The van der Waals surface area contributed by atoms with E-state index in [1.54, 1.807) is 0 Å². The first-order valence-corrected chi connectivity index (χ1v) is 10.8. The van der Waals surface area contributed by atoms with Crippen molar-refractivity contribution in [1.82, 2.24) is 0 Å². The van der Waals surface area contributed by atoms with E-state index in [9.17, 15) is 21.0 Å². The number of hydrogen-bond acceptors (Lipinski definition) is 4. The smallest absolute Gasteiger partial charge is 0.102 e. The molecule has 0 amide bonds. The largest absolute Gasteiger partial charge is 0.192 e. The highest BCUT2D eigenvalue weighted by Crippen LogP contribution is 2.39. The molecule has 0 fully saturated rings. The average Bonchev–Trinajstić information content (AvgIpc) is 2.79. The van der Waals surface area contributed by atoms with Crippen molar-refractivity contribution in [3.8, 4) is 24.3 Å². The lowest BCUT2D eigenvalue weighted by Crippen LogP contribution is -2.05. The Morgan fingerprint density at radius 1 is 0.613 bits per heavy atom. The first-order chi connectivity index (χ1) is 15.1. The van der Waals surface area contributed by atoms with Crippen LogP contribution < -0.4 is 0 Å². The van der Waals surface area contributed by atoms with Gasteiger partial charge in [0.2, 0.25) is 0 Å². The minimum absolute atomic E-state index is 0.00123. The number of benzene rings is 3. The molecule has 4 nitrogen and oxygen atoms in total. The Morgan fingerprint density at radius 2 is 1.16 bits per heavy atom. The molecular formula is C27H24N4. The molecule has 0 atom stereocenters. The Kier molecular flexibility index (Phi) is 6.55. The summed E-state index contributed by atoms with van der Waals surface area (Å²) in [5.74, 6) is 0. The average molecular weight is 405 g/mol. The third-order valence-corrected chi connectivity index (χ3v) is 5.86. The molecule has 3 rings (SSSR count). The maximum Gasteiger partial charge on any atom is 0.102 e. The highest BCUT2D eigenvalue weighted by Gasteiger charge is 2.23. The van der Waals surface area contributed by atoms with Crippen molar-refractivity contribution in [2.45, 2.75) is 59.3 Å². The van der Waals surface area contributed by atoms with Crippen molar-refractivity contribution in [2.75, 3.05) is 0 Å². The third-order valence-electron chi connectivity index (χ3n) is 5.86. The Balaban J connectivity index is 2.71. The van der Waals surface area contributed by atoms with Gasteiger partial charge in [0.1, 0.15) is 24.3 Å². The van der Waals surface area contributed by atoms with Gasteiger partial charge in [-0.1, -0.05) is 58.2 Å². The molecule has 31 heavy (non-hydrogen) atoms. The van der Waals surface area contributed by atoms with Crippen LogP contribution in [0.3, 0.4) is 0 Å². The van der Waals surface area contributed by atoms with Gasteiger partial charge in [0.05, 0.1) is 22.3 Å². The van der Waals surface area contributed by atoms with Gasteiger partial charge in [-0.3, -0.25) is 0 Å². The highest BCUT2D eigenvalue weighted by molar-refractivity contribution is 6.15. The number of aryl methyl sites for hydroxylation is 2. The second-order valence-electron chi connectivity index (χ2n) is 7.78. The van der Waals surface area contributed by atoms with Crippen LogP contribution in [0.2, 0.25) is 0 Å². The van der Waals surface area contributed by atoms with Crippen LogP contribution in [0, 0.1) is 45.3 Å². The van der Waals surface area contributed by atoms with E-state index in [-0.39, 0.29) is 22.3 Å². The zero-order valence-electron chi connectivity index (χ0n) is 18.3. The first-order valence-electron chi connectivity index (χ1n) is 10.8. The van der Waals surface area contributed by atoms with Crippen molar-refractivity contribution in [2.24, 2.45) is 0 Å². The van der Waals surface area contributed by atoms with Gasteiger partial charge in [0.25, 0.3) is 0 Å². The Hall–Kier alpha value is -3.86. The fourth-order valence-corrected chi connectivity index (χ4v) is 4.69. The molecule has 0 aliphatic rings. The Bertz CT molecular complexity index is 1350. The molecular weight excluding hydrogens is 380 g/mol. The summed E-state index contributed by atoms with van der Waals surface area (Å²) in [4.78, 5) is 0. The Labute approximate surface area is 183 Å². The zero-order valence-corrected chi connectivity index (χ0v) is 18.3. The van der Waals surface area contributed by atoms with Crippen LogP contribution in [0.15, 0.2) is 18.2 Å². The van der Waals surface area contributed by atoms with E-state index in [4.69, 9.17) is 0 Å². The number of hydrogen-bond donors (Lipinski definition) is 0. The third kappa shape index (κ3) is 3.48. The van der Waals surface area contributed by atoms with Gasteiger partial charge in [-0.25, -0.2) is 0 Å². The van der Waals surface area contributed by atoms with Crippen LogP contribution in [-0.2, 0) is 19.3 Å². The number of fused-ring (bicyclic) bond motifs is 3. The molecule has 0 heterocycles. The fourth-order valence-electron chi connectivity index (χ4n) is 4.69. The van der Waals surface area contributed by atoms with Crippen LogP contribution in [0.5, 0.6) is 0 Å². The summed E-state index contributed by atoms with van der Waals surface area (Å²) in [5, 5.41) is 42.5. The summed E-state index contributed by atoms with van der Waals surface area (Å²) in [6.45, 7) is 6.48. The fraction of sp³-hybridized carbons (Fsp3) is 0.333. The topological polar surface area (TPSA) is 95.2 Å². The number of nitrogens with zero attached hydrogens (tertiary/aromatic N) is 4. The lowest BCUT2D eigenvalue weighted by Gasteiger charge is -2.20. The van der Waals surface area contributed by atoms with Crippen LogP contribution in [0.4, 0.5) is 0 Å². The molecule has 152 valence electrons. The van der Waals surface area contributed by atoms with Crippen LogP contribution in [0.25, 0.3) is 21.5 Å².